The van der Waals surface area contributed by atoms with Gasteiger partial charge in [-0.05, 0) is 6.08 Å². The van der Waals surface area contributed by atoms with Gasteiger partial charge < -0.3 is 5.11 Å². The summed E-state index contributed by atoms with van der Waals surface area (Å²) in [7, 11) is 0. The maximum absolute atomic E-state index is 10.6. The van der Waals surface area contributed by atoms with Crippen molar-refractivity contribution in [2.75, 3.05) is 0 Å². The van der Waals surface area contributed by atoms with Crippen molar-refractivity contribution in [1.82, 2.24) is 4.90 Å². The molecular formula is C7H7N3O2. The normalized spacial score (nSPS) is 30.8. The molecule has 0 fully saturated rings. The molecule has 2 rings (SSSR count). The zero-order valence-electron chi connectivity index (χ0n) is 6.16. The molecule has 2 heterocycles. The smallest absolute Gasteiger partial charge is 0.413 e. The first kappa shape index (κ1) is 7.02. The number of hydrogen-bond acceptors (Lipinski definition) is 3. The van der Waals surface area contributed by atoms with Crippen LogP contribution in [0.15, 0.2) is 22.1 Å². The third kappa shape index (κ3) is 0.903. The van der Waals surface area contributed by atoms with Gasteiger partial charge in [0.15, 0.2) is 6.17 Å². The molecule has 12 heavy (non-hydrogen) atoms. The Hall–Kier alpha value is -1.65. The second kappa shape index (κ2) is 2.44. The Morgan fingerprint density at radius 1 is 1.50 bits per heavy atom. The van der Waals surface area contributed by atoms with Crippen LogP contribution in [0.1, 0.15) is 0 Å². The summed E-state index contributed by atoms with van der Waals surface area (Å²) < 4.78 is 0. The molecule has 2 atom stereocenters. The van der Waals surface area contributed by atoms with Crippen LogP contribution in [-0.2, 0) is 0 Å². The molecule has 0 aliphatic carbocycles. The molecule has 62 valence electrons. The van der Waals surface area contributed by atoms with Crippen molar-refractivity contribution in [2.45, 2.75) is 12.2 Å². The third-order valence-electron chi connectivity index (χ3n) is 1.82. The maximum atomic E-state index is 10.6. The fourth-order valence-corrected chi connectivity index (χ4v) is 1.25. The molecule has 1 N–H and O–H groups in total. The van der Waals surface area contributed by atoms with Gasteiger partial charge in [0.25, 0.3) is 0 Å². The first-order valence-electron chi connectivity index (χ1n) is 3.53. The summed E-state index contributed by atoms with van der Waals surface area (Å²) in [5.41, 5.74) is 0. The highest BCUT2D eigenvalue weighted by molar-refractivity contribution is 5.85. The molecule has 1 amide bonds. The lowest BCUT2D eigenvalue weighted by Crippen LogP contribution is -2.38. The van der Waals surface area contributed by atoms with Crippen molar-refractivity contribution in [1.29, 1.82) is 0 Å². The van der Waals surface area contributed by atoms with Gasteiger partial charge in [0.2, 0.25) is 0 Å². The van der Waals surface area contributed by atoms with Gasteiger partial charge in [0.05, 0.1) is 6.34 Å². The van der Waals surface area contributed by atoms with Gasteiger partial charge in [0.1, 0.15) is 6.04 Å². The number of carbonyl (C=O) groups is 1. The van der Waals surface area contributed by atoms with E-state index in [4.69, 9.17) is 5.11 Å². The van der Waals surface area contributed by atoms with E-state index in [1.165, 1.54) is 6.34 Å². The summed E-state index contributed by atoms with van der Waals surface area (Å²) >= 11 is 0. The Morgan fingerprint density at radius 3 is 3.08 bits per heavy atom. The summed E-state index contributed by atoms with van der Waals surface area (Å²) in [4.78, 5) is 19.7. The van der Waals surface area contributed by atoms with Gasteiger partial charge in [-0.25, -0.2) is 9.79 Å². The molecule has 2 aliphatic rings. The lowest BCUT2D eigenvalue weighted by Gasteiger charge is -2.19. The Kier molecular flexibility index (Phi) is 1.43. The Labute approximate surface area is 68.7 Å². The number of nitrogens with zero attached hydrogens (tertiary/aromatic N) is 3. The highest BCUT2D eigenvalue weighted by Crippen LogP contribution is 2.18. The minimum atomic E-state index is -0.993. The fourth-order valence-electron chi connectivity index (χ4n) is 1.25. The number of dihydropyridines is 1. The van der Waals surface area contributed by atoms with Crippen LogP contribution in [0.4, 0.5) is 4.79 Å². The summed E-state index contributed by atoms with van der Waals surface area (Å²) in [6.07, 6.45) is 5.18. The van der Waals surface area contributed by atoms with E-state index in [2.05, 4.69) is 9.98 Å². The molecule has 5 heteroatoms. The van der Waals surface area contributed by atoms with Crippen molar-refractivity contribution in [3.8, 4) is 0 Å². The number of allylic oxidation sites excluding steroid dienone is 1. The van der Waals surface area contributed by atoms with Gasteiger partial charge in [0, 0.05) is 6.21 Å². The van der Waals surface area contributed by atoms with Crippen molar-refractivity contribution in [2.24, 2.45) is 9.98 Å². The van der Waals surface area contributed by atoms with Crippen molar-refractivity contribution >= 4 is 18.6 Å². The highest BCUT2D eigenvalue weighted by Gasteiger charge is 2.32. The number of fused-ring (bicyclic) bond motifs is 1. The summed E-state index contributed by atoms with van der Waals surface area (Å²) in [5.74, 6) is 0. The molecule has 0 aromatic carbocycles. The van der Waals surface area contributed by atoms with Gasteiger partial charge in [-0.2, -0.15) is 0 Å². The molecule has 5 nitrogen and oxygen atoms in total. The van der Waals surface area contributed by atoms with E-state index >= 15 is 0 Å². The summed E-state index contributed by atoms with van der Waals surface area (Å²) in [6, 6.07) is -0.243. The van der Waals surface area contributed by atoms with Crippen LogP contribution in [0, 0.1) is 0 Å². The van der Waals surface area contributed by atoms with Crippen LogP contribution < -0.4 is 0 Å². The highest BCUT2D eigenvalue weighted by atomic mass is 16.4. The van der Waals surface area contributed by atoms with E-state index in [1.54, 1.807) is 18.4 Å². The van der Waals surface area contributed by atoms with E-state index in [-0.39, 0.29) is 12.2 Å². The summed E-state index contributed by atoms with van der Waals surface area (Å²) in [6.45, 7) is 0. The average Bonchev–Trinajstić information content (AvgIpc) is 2.47. The van der Waals surface area contributed by atoms with Gasteiger partial charge >= 0.3 is 6.09 Å². The van der Waals surface area contributed by atoms with E-state index in [1.807, 2.05) is 0 Å². The van der Waals surface area contributed by atoms with Gasteiger partial charge in [-0.3, -0.25) is 9.89 Å². The second-order valence-corrected chi connectivity index (χ2v) is 2.54. The predicted octanol–water partition coefficient (Wildman–Crippen LogP) is 0.344. The topological polar surface area (TPSA) is 65.3 Å². The molecular weight excluding hydrogens is 158 g/mol. The van der Waals surface area contributed by atoms with Gasteiger partial charge in [-0.1, -0.05) is 6.08 Å². The molecule has 0 bridgehead atoms. The minimum Gasteiger partial charge on any atom is -0.465 e. The van der Waals surface area contributed by atoms with Crippen LogP contribution >= 0.6 is 0 Å². The van der Waals surface area contributed by atoms with Crippen molar-refractivity contribution in [3.05, 3.63) is 12.2 Å². The molecule has 0 saturated carbocycles. The van der Waals surface area contributed by atoms with Crippen LogP contribution in [0.3, 0.4) is 0 Å². The van der Waals surface area contributed by atoms with E-state index in [0.717, 1.165) is 4.90 Å². The van der Waals surface area contributed by atoms with Crippen molar-refractivity contribution < 1.29 is 9.90 Å². The van der Waals surface area contributed by atoms with E-state index in [0.29, 0.717) is 0 Å². The monoisotopic (exact) mass is 165 g/mol. The first-order chi connectivity index (χ1) is 5.79. The Balaban J connectivity index is 2.24. The number of carboxylic acid groups (broad SMARTS) is 1. The SMILES string of the molecule is O=C(O)N1C=NC2N=CC=CC21. The molecule has 2 aliphatic heterocycles. The van der Waals surface area contributed by atoms with Crippen LogP contribution in [-0.4, -0.2) is 40.9 Å². The first-order valence-corrected chi connectivity index (χ1v) is 3.53. The van der Waals surface area contributed by atoms with E-state index in [9.17, 15) is 4.79 Å². The van der Waals surface area contributed by atoms with E-state index < -0.39 is 6.09 Å². The zero-order valence-corrected chi connectivity index (χ0v) is 6.16. The number of aliphatic imine (C=N–C) groups is 2. The average molecular weight is 165 g/mol. The lowest BCUT2D eigenvalue weighted by molar-refractivity contribution is 0.164. The largest absolute Gasteiger partial charge is 0.465 e. The number of amides is 1. The van der Waals surface area contributed by atoms with Crippen LogP contribution in [0.25, 0.3) is 0 Å². The molecule has 0 spiro atoms. The maximum Gasteiger partial charge on any atom is 0.413 e. The quantitative estimate of drug-likeness (QED) is 0.562. The number of hydrogen-bond donors (Lipinski definition) is 1. The zero-order chi connectivity index (χ0) is 8.55. The molecule has 0 aromatic heterocycles. The molecule has 0 aromatic rings. The predicted molar refractivity (Wildman–Crippen MR) is 43.6 cm³/mol. The Morgan fingerprint density at radius 2 is 2.33 bits per heavy atom. The van der Waals surface area contributed by atoms with Crippen molar-refractivity contribution in [3.63, 3.8) is 0 Å². The standard InChI is InChI=1S/C7H7N3O2/c11-7(12)10-4-9-6-5(10)2-1-3-8-6/h1-6H,(H,11,12). The Bertz CT molecular complexity index is 295. The molecule has 2 unspecified atom stereocenters. The van der Waals surface area contributed by atoms with Gasteiger partial charge in [-0.15, -0.1) is 0 Å². The lowest BCUT2D eigenvalue weighted by atomic mass is 10.2. The number of rotatable bonds is 0. The molecule has 0 saturated heterocycles. The fraction of sp³-hybridized carbons (Fsp3) is 0.286. The van der Waals surface area contributed by atoms with Crippen LogP contribution in [0.5, 0.6) is 0 Å². The second-order valence-electron chi connectivity index (χ2n) is 2.54. The molecule has 0 radical (unpaired) electrons. The van der Waals surface area contributed by atoms with Crippen LogP contribution in [0.2, 0.25) is 0 Å². The minimum absolute atomic E-state index is 0.243. The third-order valence-corrected chi connectivity index (χ3v) is 1.82. The summed E-state index contributed by atoms with van der Waals surface area (Å²) in [5, 5.41) is 8.70.